The van der Waals surface area contributed by atoms with E-state index in [1.807, 2.05) is 26.1 Å². The molecule has 0 aliphatic carbocycles. The molecule has 0 rings (SSSR count). The van der Waals surface area contributed by atoms with Crippen LogP contribution in [0.15, 0.2) is 41.6 Å². The monoisotopic (exact) mass is 163 g/mol. The number of rotatable bonds is 4. The minimum Gasteiger partial charge on any atom is -0.261 e. The summed E-state index contributed by atoms with van der Waals surface area (Å²) in [6.07, 6.45) is 8.74. The van der Waals surface area contributed by atoms with Crippen molar-refractivity contribution >= 4 is 5.71 Å². The van der Waals surface area contributed by atoms with Crippen molar-refractivity contribution in [3.05, 3.63) is 36.6 Å². The molecule has 0 unspecified atom stereocenters. The molecule has 66 valence electrons. The lowest BCUT2D eigenvalue weighted by molar-refractivity contribution is 1.13. The van der Waals surface area contributed by atoms with E-state index in [0.717, 1.165) is 12.1 Å². The van der Waals surface area contributed by atoms with E-state index in [1.165, 1.54) is 5.57 Å². The van der Waals surface area contributed by atoms with E-state index in [2.05, 4.69) is 24.6 Å². The molecule has 0 fully saturated rings. The summed E-state index contributed by atoms with van der Waals surface area (Å²) < 4.78 is 0. The number of hydrogen-bond donors (Lipinski definition) is 0. The number of aliphatic imine (C=N–C) groups is 1. The summed E-state index contributed by atoms with van der Waals surface area (Å²) in [7, 11) is 0. The molecule has 0 aliphatic rings. The number of allylic oxidation sites excluding steroid dienone is 4. The maximum Gasteiger partial charge on any atom is 0.0366 e. The number of hydrogen-bond acceptors (Lipinski definition) is 1. The topological polar surface area (TPSA) is 12.4 Å². The lowest BCUT2D eigenvalue weighted by Crippen LogP contribution is -1.81. The van der Waals surface area contributed by atoms with Gasteiger partial charge in [0.25, 0.3) is 0 Å². The second-order valence-corrected chi connectivity index (χ2v) is 2.53. The zero-order valence-electron chi connectivity index (χ0n) is 8.17. The van der Waals surface area contributed by atoms with E-state index >= 15 is 0 Å². The van der Waals surface area contributed by atoms with Crippen molar-refractivity contribution in [2.24, 2.45) is 4.99 Å². The van der Waals surface area contributed by atoms with Gasteiger partial charge < -0.3 is 0 Å². The molecule has 0 spiro atoms. The molecule has 0 N–H and O–H groups in total. The Balaban J connectivity index is 4.39. The summed E-state index contributed by atoms with van der Waals surface area (Å²) in [6, 6.07) is 0. The van der Waals surface area contributed by atoms with Crippen LogP contribution >= 0.6 is 0 Å². The van der Waals surface area contributed by atoms with E-state index in [9.17, 15) is 0 Å². The van der Waals surface area contributed by atoms with Gasteiger partial charge in [-0.25, -0.2) is 0 Å². The predicted molar refractivity (Wildman–Crippen MR) is 56.5 cm³/mol. The zero-order chi connectivity index (χ0) is 9.40. The first-order chi connectivity index (χ1) is 5.74. The summed E-state index contributed by atoms with van der Waals surface area (Å²) in [5.74, 6) is 0. The highest BCUT2D eigenvalue weighted by Crippen LogP contribution is 2.02. The van der Waals surface area contributed by atoms with E-state index in [1.54, 1.807) is 6.08 Å². The van der Waals surface area contributed by atoms with Crippen molar-refractivity contribution in [2.75, 3.05) is 0 Å². The van der Waals surface area contributed by atoms with Crippen molar-refractivity contribution < 1.29 is 0 Å². The van der Waals surface area contributed by atoms with Crippen LogP contribution in [0.5, 0.6) is 0 Å². The lowest BCUT2D eigenvalue weighted by atomic mass is 10.2. The third kappa shape index (κ3) is 4.67. The number of nitrogens with zero attached hydrogens (tertiary/aromatic N) is 1. The minimum atomic E-state index is 0.949. The van der Waals surface area contributed by atoms with Crippen LogP contribution in [-0.2, 0) is 0 Å². The van der Waals surface area contributed by atoms with Crippen LogP contribution in [0.25, 0.3) is 0 Å². The van der Waals surface area contributed by atoms with Gasteiger partial charge in [0, 0.05) is 11.9 Å². The molecule has 0 saturated carbocycles. The lowest BCUT2D eigenvalue weighted by Gasteiger charge is -1.93. The molecule has 0 aromatic rings. The third-order valence-corrected chi connectivity index (χ3v) is 1.52. The van der Waals surface area contributed by atoms with E-state index < -0.39 is 0 Å². The van der Waals surface area contributed by atoms with Crippen LogP contribution in [-0.4, -0.2) is 5.71 Å². The van der Waals surface area contributed by atoms with Crippen LogP contribution in [0.1, 0.15) is 27.2 Å². The van der Waals surface area contributed by atoms with E-state index in [-0.39, 0.29) is 0 Å². The molecular weight excluding hydrogens is 146 g/mol. The Bertz CT molecular complexity index is 219. The first-order valence-electron chi connectivity index (χ1n) is 4.23. The first-order valence-corrected chi connectivity index (χ1v) is 4.23. The second-order valence-electron chi connectivity index (χ2n) is 2.53. The highest BCUT2D eigenvalue weighted by molar-refractivity contribution is 5.92. The Morgan fingerprint density at radius 2 is 2.17 bits per heavy atom. The third-order valence-electron chi connectivity index (χ3n) is 1.52. The highest BCUT2D eigenvalue weighted by atomic mass is 14.7. The van der Waals surface area contributed by atoms with Gasteiger partial charge in [0.1, 0.15) is 0 Å². The largest absolute Gasteiger partial charge is 0.261 e. The van der Waals surface area contributed by atoms with Crippen LogP contribution in [0.3, 0.4) is 0 Å². The summed E-state index contributed by atoms with van der Waals surface area (Å²) in [5.41, 5.74) is 2.18. The van der Waals surface area contributed by atoms with Crippen LogP contribution in [0, 0.1) is 0 Å². The summed E-state index contributed by atoms with van der Waals surface area (Å²) in [4.78, 5) is 4.22. The van der Waals surface area contributed by atoms with Gasteiger partial charge in [-0.05, 0) is 31.9 Å². The van der Waals surface area contributed by atoms with Gasteiger partial charge in [0.2, 0.25) is 0 Å². The van der Waals surface area contributed by atoms with E-state index in [4.69, 9.17) is 0 Å². The molecule has 12 heavy (non-hydrogen) atoms. The maximum atomic E-state index is 4.22. The zero-order valence-corrected chi connectivity index (χ0v) is 8.17. The van der Waals surface area contributed by atoms with Crippen molar-refractivity contribution in [1.82, 2.24) is 0 Å². The SMILES string of the molecule is C=CC(C)=N/C=C(\C=C/C)CC. The van der Waals surface area contributed by atoms with Gasteiger partial charge in [-0.1, -0.05) is 25.7 Å². The Morgan fingerprint density at radius 1 is 1.50 bits per heavy atom. The fourth-order valence-electron chi connectivity index (χ4n) is 0.704. The van der Waals surface area contributed by atoms with Crippen LogP contribution < -0.4 is 0 Å². The molecule has 0 radical (unpaired) electrons. The molecular formula is C11H17N. The predicted octanol–water partition coefficient (Wildman–Crippen LogP) is 3.50. The fourth-order valence-corrected chi connectivity index (χ4v) is 0.704. The Kier molecular flexibility index (Phi) is 5.98. The summed E-state index contributed by atoms with van der Waals surface area (Å²) >= 11 is 0. The van der Waals surface area contributed by atoms with Gasteiger partial charge >= 0.3 is 0 Å². The maximum absolute atomic E-state index is 4.22. The van der Waals surface area contributed by atoms with Crippen molar-refractivity contribution in [3.63, 3.8) is 0 Å². The molecule has 1 heteroatoms. The summed E-state index contributed by atoms with van der Waals surface area (Å²) in [5, 5.41) is 0. The standard InChI is InChI=1S/C11H17N/c1-5-8-11(7-3)9-12-10(4)6-2/h5-6,8-9H,2,7H2,1,3-4H3/b8-5-,11-9-,12-10?. The smallest absolute Gasteiger partial charge is 0.0366 e. The molecule has 0 saturated heterocycles. The molecule has 0 aromatic heterocycles. The quantitative estimate of drug-likeness (QED) is 0.444. The van der Waals surface area contributed by atoms with Crippen molar-refractivity contribution in [2.45, 2.75) is 27.2 Å². The average molecular weight is 163 g/mol. The Labute approximate surface area is 75.2 Å². The molecule has 0 amide bonds. The van der Waals surface area contributed by atoms with Crippen molar-refractivity contribution in [1.29, 1.82) is 0 Å². The molecule has 0 aromatic carbocycles. The highest BCUT2D eigenvalue weighted by Gasteiger charge is 1.84. The van der Waals surface area contributed by atoms with Gasteiger partial charge in [0.05, 0.1) is 0 Å². The van der Waals surface area contributed by atoms with Gasteiger partial charge in [-0.15, -0.1) is 0 Å². The van der Waals surface area contributed by atoms with Crippen LogP contribution in [0.4, 0.5) is 0 Å². The normalized spacial score (nSPS) is 13.9. The van der Waals surface area contributed by atoms with Gasteiger partial charge in [-0.3, -0.25) is 4.99 Å². The molecule has 0 bridgehead atoms. The molecule has 0 heterocycles. The van der Waals surface area contributed by atoms with Gasteiger partial charge in [-0.2, -0.15) is 0 Å². The molecule has 1 nitrogen and oxygen atoms in total. The Hall–Kier alpha value is -1.11. The first kappa shape index (κ1) is 10.9. The Morgan fingerprint density at radius 3 is 2.58 bits per heavy atom. The van der Waals surface area contributed by atoms with Crippen molar-refractivity contribution in [3.8, 4) is 0 Å². The van der Waals surface area contributed by atoms with Crippen LogP contribution in [0.2, 0.25) is 0 Å². The molecule has 0 atom stereocenters. The second kappa shape index (κ2) is 6.59. The van der Waals surface area contributed by atoms with E-state index in [0.29, 0.717) is 0 Å². The fraction of sp³-hybridized carbons (Fsp3) is 0.364. The van der Waals surface area contributed by atoms with Gasteiger partial charge in [0.15, 0.2) is 0 Å². The minimum absolute atomic E-state index is 0.949. The summed E-state index contributed by atoms with van der Waals surface area (Å²) in [6.45, 7) is 9.69. The molecule has 0 aliphatic heterocycles. The average Bonchev–Trinajstić information content (AvgIpc) is 2.11.